The first kappa shape index (κ1) is 20.5. The smallest absolute Gasteiger partial charge is 0.245 e. The van der Waals surface area contributed by atoms with Gasteiger partial charge in [-0.2, -0.15) is 5.26 Å². The maximum atomic E-state index is 12.5. The Labute approximate surface area is 160 Å². The Hall–Kier alpha value is -2.85. The molecule has 2 aromatic rings. The molecular formula is C20H23N3O3S. The minimum absolute atomic E-state index is 0.112. The molecule has 0 aliphatic rings. The quantitative estimate of drug-likeness (QED) is 0.792. The van der Waals surface area contributed by atoms with Crippen LogP contribution in [0.2, 0.25) is 0 Å². The summed E-state index contributed by atoms with van der Waals surface area (Å²) in [4.78, 5) is 12.5. The number of amides is 1. The predicted molar refractivity (Wildman–Crippen MR) is 107 cm³/mol. The van der Waals surface area contributed by atoms with Crippen LogP contribution < -0.4 is 9.62 Å². The van der Waals surface area contributed by atoms with Crippen molar-refractivity contribution < 1.29 is 13.2 Å². The molecule has 142 valence electrons. The lowest BCUT2D eigenvalue weighted by Crippen LogP contribution is -2.38. The van der Waals surface area contributed by atoms with E-state index in [2.05, 4.69) is 11.4 Å². The van der Waals surface area contributed by atoms with Gasteiger partial charge in [0.05, 0.1) is 24.4 Å². The van der Waals surface area contributed by atoms with E-state index in [1.165, 1.54) is 0 Å². The van der Waals surface area contributed by atoms with E-state index >= 15 is 0 Å². The number of hydrogen-bond acceptors (Lipinski definition) is 4. The Morgan fingerprint density at radius 1 is 1.15 bits per heavy atom. The number of nitrogens with one attached hydrogen (secondary N) is 1. The van der Waals surface area contributed by atoms with Gasteiger partial charge in [0.1, 0.15) is 6.54 Å². The predicted octanol–water partition coefficient (Wildman–Crippen LogP) is 3.28. The number of nitriles is 1. The van der Waals surface area contributed by atoms with Crippen LogP contribution in [-0.4, -0.2) is 27.1 Å². The normalized spacial score (nSPS) is 11.1. The Bertz CT molecular complexity index is 945. The van der Waals surface area contributed by atoms with Crippen LogP contribution in [0.4, 0.5) is 11.4 Å². The molecule has 0 aliphatic heterocycles. The number of nitrogens with zero attached hydrogens (tertiary/aromatic N) is 2. The highest BCUT2D eigenvalue weighted by Crippen LogP contribution is 2.28. The zero-order chi connectivity index (χ0) is 20.0. The third-order valence-corrected chi connectivity index (χ3v) is 5.16. The van der Waals surface area contributed by atoms with E-state index < -0.39 is 15.9 Å². The van der Waals surface area contributed by atoms with E-state index in [9.17, 15) is 13.2 Å². The number of rotatable bonds is 7. The number of hydrogen-bond donors (Lipinski definition) is 1. The van der Waals surface area contributed by atoms with Crippen LogP contribution >= 0.6 is 0 Å². The molecular weight excluding hydrogens is 362 g/mol. The van der Waals surface area contributed by atoms with Gasteiger partial charge in [0.15, 0.2) is 0 Å². The molecule has 0 spiro atoms. The molecule has 0 heterocycles. The van der Waals surface area contributed by atoms with E-state index in [1.54, 1.807) is 36.4 Å². The molecule has 0 aliphatic carbocycles. The third-order valence-electron chi connectivity index (χ3n) is 4.04. The second-order valence-electron chi connectivity index (χ2n) is 6.56. The highest BCUT2D eigenvalue weighted by Gasteiger charge is 2.24. The van der Waals surface area contributed by atoms with Crippen LogP contribution in [0.3, 0.4) is 0 Å². The molecule has 0 aromatic heterocycles. The van der Waals surface area contributed by atoms with Crippen molar-refractivity contribution >= 4 is 27.3 Å². The van der Waals surface area contributed by atoms with Gasteiger partial charge in [0.2, 0.25) is 15.9 Å². The van der Waals surface area contributed by atoms with Crippen LogP contribution in [-0.2, 0) is 21.2 Å². The summed E-state index contributed by atoms with van der Waals surface area (Å²) in [5, 5.41) is 11.4. The van der Waals surface area contributed by atoms with E-state index in [0.29, 0.717) is 17.8 Å². The monoisotopic (exact) mass is 385 g/mol. The summed E-state index contributed by atoms with van der Waals surface area (Å²) < 4.78 is 25.8. The second-order valence-corrected chi connectivity index (χ2v) is 8.47. The molecule has 2 rings (SSSR count). The summed E-state index contributed by atoms with van der Waals surface area (Å²) in [6.07, 6.45) is 1.39. The van der Waals surface area contributed by atoms with Gasteiger partial charge in [-0.25, -0.2) is 8.42 Å². The maximum Gasteiger partial charge on any atom is 0.245 e. The van der Waals surface area contributed by atoms with Gasteiger partial charge in [-0.15, -0.1) is 0 Å². The number of benzene rings is 2. The first-order chi connectivity index (χ1) is 12.7. The fraction of sp³-hybridized carbons (Fsp3) is 0.300. The number of carbonyl (C=O) groups is 1. The third kappa shape index (κ3) is 5.56. The van der Waals surface area contributed by atoms with Crippen molar-refractivity contribution in [3.63, 3.8) is 0 Å². The molecule has 27 heavy (non-hydrogen) atoms. The van der Waals surface area contributed by atoms with Gasteiger partial charge in [0, 0.05) is 5.69 Å². The molecule has 0 saturated heterocycles. The molecule has 0 atom stereocenters. The number of carbonyl (C=O) groups excluding carboxylic acids is 1. The van der Waals surface area contributed by atoms with Crippen LogP contribution in [0.25, 0.3) is 0 Å². The minimum atomic E-state index is -3.64. The average molecular weight is 385 g/mol. The van der Waals surface area contributed by atoms with Gasteiger partial charge in [-0.05, 0) is 35.2 Å². The molecule has 6 nitrogen and oxygen atoms in total. The molecule has 0 saturated carbocycles. The topological polar surface area (TPSA) is 90.3 Å². The molecule has 1 N–H and O–H groups in total. The maximum absolute atomic E-state index is 12.5. The van der Waals surface area contributed by atoms with Gasteiger partial charge >= 0.3 is 0 Å². The number of para-hydroxylation sites is 1. The summed E-state index contributed by atoms with van der Waals surface area (Å²) in [5.74, 6) is -0.326. The van der Waals surface area contributed by atoms with Crippen molar-refractivity contribution in [3.8, 4) is 6.07 Å². The zero-order valence-corrected chi connectivity index (χ0v) is 16.5. The van der Waals surface area contributed by atoms with Crippen LogP contribution in [0.15, 0.2) is 48.5 Å². The van der Waals surface area contributed by atoms with Crippen molar-refractivity contribution in [3.05, 3.63) is 59.7 Å². The largest absolute Gasteiger partial charge is 0.325 e. The second kappa shape index (κ2) is 8.69. The first-order valence-electron chi connectivity index (χ1n) is 8.54. The summed E-state index contributed by atoms with van der Waals surface area (Å²) in [6.45, 7) is 3.63. The van der Waals surface area contributed by atoms with Crippen molar-refractivity contribution in [1.29, 1.82) is 5.26 Å². The summed E-state index contributed by atoms with van der Waals surface area (Å²) in [5.41, 5.74) is 2.76. The highest BCUT2D eigenvalue weighted by atomic mass is 32.2. The summed E-state index contributed by atoms with van der Waals surface area (Å²) in [6, 6.07) is 16.1. The van der Waals surface area contributed by atoms with E-state index in [1.807, 2.05) is 26.0 Å². The Morgan fingerprint density at radius 3 is 2.33 bits per heavy atom. The molecule has 0 fully saturated rings. The lowest BCUT2D eigenvalue weighted by atomic mass is 10.0. The molecule has 0 unspecified atom stereocenters. The van der Waals surface area contributed by atoms with Gasteiger partial charge < -0.3 is 5.32 Å². The summed E-state index contributed by atoms with van der Waals surface area (Å²) >= 11 is 0. The number of sulfonamides is 1. The molecule has 1 amide bonds. The SMILES string of the molecule is CC(C)c1ccccc1N(CC(=O)Nc1ccc(CC#N)cc1)S(C)(=O)=O. The fourth-order valence-corrected chi connectivity index (χ4v) is 3.59. The van der Waals surface area contributed by atoms with E-state index in [0.717, 1.165) is 21.7 Å². The Kier molecular flexibility index (Phi) is 6.59. The van der Waals surface area contributed by atoms with Crippen molar-refractivity contribution in [1.82, 2.24) is 0 Å². The van der Waals surface area contributed by atoms with Gasteiger partial charge in [-0.1, -0.05) is 44.2 Å². The average Bonchev–Trinajstić information content (AvgIpc) is 2.60. The van der Waals surface area contributed by atoms with Crippen molar-refractivity contribution in [2.24, 2.45) is 0 Å². The lowest BCUT2D eigenvalue weighted by molar-refractivity contribution is -0.114. The molecule has 0 bridgehead atoms. The van der Waals surface area contributed by atoms with E-state index in [-0.39, 0.29) is 12.5 Å². The Morgan fingerprint density at radius 2 is 1.78 bits per heavy atom. The van der Waals surface area contributed by atoms with Crippen molar-refractivity contribution in [2.45, 2.75) is 26.2 Å². The summed E-state index contributed by atoms with van der Waals surface area (Å²) in [7, 11) is -3.64. The van der Waals surface area contributed by atoms with Crippen LogP contribution in [0.5, 0.6) is 0 Å². The van der Waals surface area contributed by atoms with Gasteiger partial charge in [0.25, 0.3) is 0 Å². The zero-order valence-electron chi connectivity index (χ0n) is 15.6. The molecule has 2 aromatic carbocycles. The van der Waals surface area contributed by atoms with Crippen LogP contribution in [0, 0.1) is 11.3 Å². The standard InChI is InChI=1S/C20H23N3O3S/c1-15(2)18-6-4-5-7-19(18)23(27(3,25)26)14-20(24)22-17-10-8-16(9-11-17)12-13-21/h4-11,15H,12,14H2,1-3H3,(H,22,24). The number of anilines is 2. The van der Waals surface area contributed by atoms with E-state index in [4.69, 9.17) is 5.26 Å². The van der Waals surface area contributed by atoms with Crippen molar-refractivity contribution in [2.75, 3.05) is 22.4 Å². The molecule has 7 heteroatoms. The highest BCUT2D eigenvalue weighted by molar-refractivity contribution is 7.92. The van der Waals surface area contributed by atoms with Gasteiger partial charge in [-0.3, -0.25) is 9.10 Å². The minimum Gasteiger partial charge on any atom is -0.325 e. The first-order valence-corrected chi connectivity index (χ1v) is 10.4. The lowest BCUT2D eigenvalue weighted by Gasteiger charge is -2.25. The molecule has 0 radical (unpaired) electrons. The van der Waals surface area contributed by atoms with Crippen LogP contribution in [0.1, 0.15) is 30.9 Å². The Balaban J connectivity index is 2.22. The fourth-order valence-electron chi connectivity index (χ4n) is 2.71.